The minimum Gasteiger partial charge on any atom is -0.481 e. The van der Waals surface area contributed by atoms with Gasteiger partial charge in [-0.3, -0.25) is 4.57 Å². The second-order valence-electron chi connectivity index (χ2n) is 3.31. The third-order valence-electron chi connectivity index (χ3n) is 2.32. The van der Waals surface area contributed by atoms with Crippen LogP contribution in [0.15, 0.2) is 12.1 Å². The van der Waals surface area contributed by atoms with Crippen LogP contribution in [0, 0.1) is 0 Å². The third kappa shape index (κ3) is 1.79. The normalized spacial score (nSPS) is 10.9. The van der Waals surface area contributed by atoms with E-state index in [1.165, 1.54) is 0 Å². The Morgan fingerprint density at radius 3 is 2.81 bits per heavy atom. The van der Waals surface area contributed by atoms with Crippen molar-refractivity contribution >= 4 is 17.1 Å². The number of anilines is 1. The molecule has 0 saturated heterocycles. The molecule has 0 saturated carbocycles. The maximum Gasteiger partial charge on any atom is 0.215 e. The summed E-state index contributed by atoms with van der Waals surface area (Å²) in [7, 11) is 3.22. The highest BCUT2D eigenvalue weighted by Gasteiger charge is 2.09. The van der Waals surface area contributed by atoms with Crippen LogP contribution in [0.1, 0.15) is 0 Å². The largest absolute Gasteiger partial charge is 0.481 e. The van der Waals surface area contributed by atoms with Crippen LogP contribution < -0.4 is 10.5 Å². The minimum absolute atomic E-state index is 0.438. The zero-order valence-corrected chi connectivity index (χ0v) is 9.30. The predicted molar refractivity (Wildman–Crippen MR) is 60.4 cm³/mol. The van der Waals surface area contributed by atoms with Gasteiger partial charge in [0.1, 0.15) is 5.52 Å². The Morgan fingerprint density at radius 1 is 1.31 bits per heavy atom. The van der Waals surface area contributed by atoms with Gasteiger partial charge >= 0.3 is 0 Å². The summed E-state index contributed by atoms with van der Waals surface area (Å²) in [5.74, 6) is 0.985. The van der Waals surface area contributed by atoms with Crippen molar-refractivity contribution in [3.63, 3.8) is 0 Å². The van der Waals surface area contributed by atoms with Crippen molar-refractivity contribution < 1.29 is 9.47 Å². The van der Waals surface area contributed by atoms with Gasteiger partial charge in [-0.15, -0.1) is 0 Å². The third-order valence-corrected chi connectivity index (χ3v) is 2.32. The number of hydrogen-bond acceptors (Lipinski definition) is 5. The van der Waals surface area contributed by atoms with Crippen molar-refractivity contribution in [3.8, 4) is 5.88 Å². The molecule has 2 rings (SSSR count). The average molecular weight is 222 g/mol. The molecule has 2 aromatic rings. The zero-order valence-electron chi connectivity index (χ0n) is 9.30. The van der Waals surface area contributed by atoms with E-state index >= 15 is 0 Å². The van der Waals surface area contributed by atoms with E-state index in [4.69, 9.17) is 15.2 Å². The number of hydrogen-bond donors (Lipinski definition) is 1. The number of fused-ring (bicyclic) bond motifs is 1. The van der Waals surface area contributed by atoms with Crippen LogP contribution in [0.2, 0.25) is 0 Å². The maximum absolute atomic E-state index is 5.80. The van der Waals surface area contributed by atoms with Crippen LogP contribution in [0.25, 0.3) is 11.2 Å². The molecule has 0 spiro atoms. The molecular weight excluding hydrogens is 208 g/mol. The van der Waals surface area contributed by atoms with Crippen LogP contribution in [0.3, 0.4) is 0 Å². The predicted octanol–water partition coefficient (Wildman–Crippen LogP) is 0.668. The number of pyridine rings is 1. The number of aromatic nitrogens is 3. The molecule has 86 valence electrons. The van der Waals surface area contributed by atoms with Crippen molar-refractivity contribution in [2.75, 3.05) is 26.6 Å². The van der Waals surface area contributed by atoms with E-state index in [1.807, 2.05) is 6.07 Å². The molecule has 6 nitrogen and oxygen atoms in total. The summed E-state index contributed by atoms with van der Waals surface area (Å²) in [4.78, 5) is 8.52. The van der Waals surface area contributed by atoms with E-state index in [0.717, 1.165) is 5.52 Å². The molecule has 0 fully saturated rings. The first-order valence-corrected chi connectivity index (χ1v) is 4.92. The fourth-order valence-electron chi connectivity index (χ4n) is 1.52. The zero-order chi connectivity index (χ0) is 11.5. The van der Waals surface area contributed by atoms with Gasteiger partial charge in [-0.05, 0) is 6.07 Å². The van der Waals surface area contributed by atoms with Gasteiger partial charge in [0.25, 0.3) is 0 Å². The van der Waals surface area contributed by atoms with Gasteiger partial charge in [0.2, 0.25) is 11.8 Å². The fourth-order valence-corrected chi connectivity index (χ4v) is 1.52. The quantitative estimate of drug-likeness (QED) is 0.822. The Kier molecular flexibility index (Phi) is 2.91. The van der Waals surface area contributed by atoms with Crippen molar-refractivity contribution in [2.45, 2.75) is 6.54 Å². The lowest BCUT2D eigenvalue weighted by atomic mass is 10.4. The molecule has 0 amide bonds. The summed E-state index contributed by atoms with van der Waals surface area (Å²) < 4.78 is 11.9. The van der Waals surface area contributed by atoms with Crippen molar-refractivity contribution in [1.29, 1.82) is 0 Å². The summed E-state index contributed by atoms with van der Waals surface area (Å²) in [6.45, 7) is 1.19. The van der Waals surface area contributed by atoms with E-state index in [0.29, 0.717) is 30.6 Å². The lowest BCUT2D eigenvalue weighted by molar-refractivity contribution is 0.188. The number of nitrogen functional groups attached to an aromatic ring is 1. The molecule has 0 aliphatic rings. The Labute approximate surface area is 93.0 Å². The van der Waals surface area contributed by atoms with Crippen LogP contribution >= 0.6 is 0 Å². The van der Waals surface area contributed by atoms with Gasteiger partial charge in [0.15, 0.2) is 5.65 Å². The molecule has 2 N–H and O–H groups in total. The van der Waals surface area contributed by atoms with Gasteiger partial charge in [0.05, 0.1) is 20.3 Å². The standard InChI is InChI=1S/C10H14N4O2/c1-15-6-5-14-9-7(12-10(14)11)3-4-8(13-9)16-2/h3-4H,5-6H2,1-2H3,(H2,11,12). The monoisotopic (exact) mass is 222 g/mol. The molecule has 0 aromatic carbocycles. The first kappa shape index (κ1) is 10.7. The Hall–Kier alpha value is -1.82. The maximum atomic E-state index is 5.80. The first-order valence-electron chi connectivity index (χ1n) is 4.92. The molecule has 6 heteroatoms. The Bertz CT molecular complexity index is 495. The van der Waals surface area contributed by atoms with E-state index in [9.17, 15) is 0 Å². The lowest BCUT2D eigenvalue weighted by Crippen LogP contribution is -2.08. The number of ether oxygens (including phenoxy) is 2. The second-order valence-corrected chi connectivity index (χ2v) is 3.31. The number of nitrogens with zero attached hydrogens (tertiary/aromatic N) is 3. The van der Waals surface area contributed by atoms with E-state index in [1.54, 1.807) is 24.9 Å². The summed E-state index contributed by atoms with van der Waals surface area (Å²) in [6, 6.07) is 3.59. The van der Waals surface area contributed by atoms with Crippen LogP contribution in [0.5, 0.6) is 5.88 Å². The number of imidazole rings is 1. The molecule has 16 heavy (non-hydrogen) atoms. The highest BCUT2D eigenvalue weighted by atomic mass is 16.5. The van der Waals surface area contributed by atoms with Crippen molar-refractivity contribution in [3.05, 3.63) is 12.1 Å². The number of nitrogens with two attached hydrogens (primary N) is 1. The number of rotatable bonds is 4. The molecule has 0 bridgehead atoms. The lowest BCUT2D eigenvalue weighted by Gasteiger charge is -2.05. The Morgan fingerprint density at radius 2 is 2.12 bits per heavy atom. The summed E-state index contributed by atoms with van der Waals surface area (Å²) >= 11 is 0. The molecule has 2 aromatic heterocycles. The van der Waals surface area contributed by atoms with Gasteiger partial charge < -0.3 is 15.2 Å². The number of methoxy groups -OCH3 is 2. The fraction of sp³-hybridized carbons (Fsp3) is 0.400. The SMILES string of the molecule is COCCn1c(N)nc2ccc(OC)nc21. The molecule has 0 aliphatic heterocycles. The average Bonchev–Trinajstić information content (AvgIpc) is 2.61. The summed E-state index contributed by atoms with van der Waals surface area (Å²) in [6.07, 6.45) is 0. The summed E-state index contributed by atoms with van der Waals surface area (Å²) in [5.41, 5.74) is 7.28. The van der Waals surface area contributed by atoms with Crippen LogP contribution in [0.4, 0.5) is 5.95 Å². The van der Waals surface area contributed by atoms with E-state index in [2.05, 4.69) is 9.97 Å². The molecule has 2 heterocycles. The Balaban J connectivity index is 2.48. The van der Waals surface area contributed by atoms with Crippen LogP contribution in [-0.4, -0.2) is 35.4 Å². The first-order chi connectivity index (χ1) is 7.76. The van der Waals surface area contributed by atoms with Crippen molar-refractivity contribution in [2.24, 2.45) is 0 Å². The van der Waals surface area contributed by atoms with Crippen LogP contribution in [-0.2, 0) is 11.3 Å². The molecule has 0 aliphatic carbocycles. The molecule has 0 unspecified atom stereocenters. The molecular formula is C10H14N4O2. The molecule has 0 atom stereocenters. The van der Waals surface area contributed by atoms with Gasteiger partial charge in [-0.2, -0.15) is 4.98 Å². The highest BCUT2D eigenvalue weighted by Crippen LogP contribution is 2.18. The highest BCUT2D eigenvalue weighted by molar-refractivity contribution is 5.74. The van der Waals surface area contributed by atoms with E-state index in [-0.39, 0.29) is 0 Å². The van der Waals surface area contributed by atoms with Crippen molar-refractivity contribution in [1.82, 2.24) is 14.5 Å². The topological polar surface area (TPSA) is 75.2 Å². The molecule has 0 radical (unpaired) electrons. The smallest absolute Gasteiger partial charge is 0.215 e. The van der Waals surface area contributed by atoms with Gasteiger partial charge in [-0.1, -0.05) is 0 Å². The van der Waals surface area contributed by atoms with E-state index < -0.39 is 0 Å². The van der Waals surface area contributed by atoms with Gasteiger partial charge in [0, 0.05) is 13.2 Å². The summed E-state index contributed by atoms with van der Waals surface area (Å²) in [5, 5.41) is 0. The van der Waals surface area contributed by atoms with Gasteiger partial charge in [-0.25, -0.2) is 4.98 Å². The minimum atomic E-state index is 0.438. The second kappa shape index (κ2) is 4.36.